The minimum absolute atomic E-state index is 0. The molecule has 0 fully saturated rings. The molecule has 47 heavy (non-hydrogen) atoms. The maximum atomic E-state index is 8.63. The SMILES string of the molecule is O.O.O.O.[NH4+].[NH4+].[NH4+].[O]=[Mo](=[O])([O-])[O-].[O]=[Mo](=[O])([O-])[O-].[O]=[Mo](=[O])([O-])[O-].[O]=[Mo](=[O])([O-])[O-].[O]=[Mo](=[O])([O-])[O-].[O]=[Mo](=[O])([O-])[O-].[O]=[Mo](=[O])([O-])[O-].[O]=[Mo](=[O])([O-])[O-]. The Balaban J connectivity index is -0.0000000188. The molecule has 47 heteroatoms. The summed E-state index contributed by atoms with van der Waals surface area (Å²) >= 11 is -48.2. The monoisotopic (exact) mass is 1420 g/mol. The van der Waals surface area contributed by atoms with Crippen LogP contribution in [0.2, 0.25) is 0 Å². The fourth-order valence-corrected chi connectivity index (χ4v) is 0. The van der Waals surface area contributed by atoms with Crippen LogP contribution in [0.4, 0.5) is 0 Å². The summed E-state index contributed by atoms with van der Waals surface area (Å²) in [5, 5.41) is 0. The van der Waals surface area contributed by atoms with Crippen molar-refractivity contribution in [3.05, 3.63) is 0 Å². The van der Waals surface area contributed by atoms with E-state index in [4.69, 9.17) is 115 Å². The third kappa shape index (κ3) is 50800. The van der Waals surface area contributed by atoms with Crippen LogP contribution in [0.5, 0.6) is 0 Å². The van der Waals surface area contributed by atoms with Gasteiger partial charge in [-0.05, 0) is 0 Å². The number of hydrogen-bond donors (Lipinski definition) is 3. The Morgan fingerprint density at radius 3 is 0.170 bits per heavy atom. The normalized spacial score (nSPS) is 9.87. The van der Waals surface area contributed by atoms with Crippen LogP contribution in [-0.2, 0) is 188 Å². The molecule has 0 unspecified atom stereocenters. The second kappa shape index (κ2) is 41.8. The van der Waals surface area contributed by atoms with E-state index in [0.717, 1.165) is 0 Å². The molecule has 0 aliphatic carbocycles. The number of hydrogen-bond acceptors (Lipinski definition) is 32. The van der Waals surface area contributed by atoms with Gasteiger partial charge in [-0.15, -0.1) is 0 Å². The summed E-state index contributed by atoms with van der Waals surface area (Å²) in [4.78, 5) is 0. The van der Waals surface area contributed by atoms with Crippen molar-refractivity contribution in [2.75, 3.05) is 0 Å². The van der Waals surface area contributed by atoms with Gasteiger partial charge in [-0.25, -0.2) is 0 Å². The summed E-state index contributed by atoms with van der Waals surface area (Å²) in [6.07, 6.45) is 0. The molecule has 0 saturated carbocycles. The minimum atomic E-state index is -6.02. The first-order valence-electron chi connectivity index (χ1n) is 5.33. The molecule has 39 nitrogen and oxygen atoms in total. The van der Waals surface area contributed by atoms with Gasteiger partial charge < -0.3 is 40.4 Å². The first kappa shape index (κ1) is 97.5. The third-order valence-corrected chi connectivity index (χ3v) is 0. The Morgan fingerprint density at radius 2 is 0.170 bits per heavy atom. The average molecular weight is 1410 g/mol. The molecule has 0 aromatic rings. The molecule has 0 rings (SSSR count). The molecule has 312 valence electrons. The van der Waals surface area contributed by atoms with Crippen LogP contribution in [0, 0.1) is 0 Å². The van der Waals surface area contributed by atoms with Gasteiger partial charge in [0.05, 0.1) is 0 Å². The van der Waals surface area contributed by atoms with Crippen molar-refractivity contribution < 1.29 is 270 Å². The van der Waals surface area contributed by atoms with Crippen molar-refractivity contribution in [3.8, 4) is 0 Å². The van der Waals surface area contributed by atoms with Gasteiger partial charge in [0.25, 0.3) is 0 Å². The standard InChI is InChI=1S/8Mo.3H3N.4H2O.32O/h;;;;;;;;3*1H3;4*1H2;;;;;;;;;;;;;;;;;;;;;;;;;;;;;;;;/q;;;;;;;;;;;;;;;;;;;;;;;;;;;;;;;16*-1/p+3. The zero-order valence-corrected chi connectivity index (χ0v) is 37.4. The molecule has 0 spiro atoms. The van der Waals surface area contributed by atoms with Gasteiger partial charge in [0, 0.05) is 0 Å². The van der Waals surface area contributed by atoms with E-state index in [0.29, 0.717) is 0 Å². The summed E-state index contributed by atoms with van der Waals surface area (Å²) in [6, 6.07) is 0. The predicted octanol–water partition coefficient (Wildman–Crippen LogP) is -23.1. The zero-order valence-electron chi connectivity index (χ0n) is 21.3. The summed E-state index contributed by atoms with van der Waals surface area (Å²) in [5.41, 5.74) is 0. The van der Waals surface area contributed by atoms with Crippen molar-refractivity contribution in [1.29, 1.82) is 0 Å². The molecule has 0 atom stereocenters. The Labute approximate surface area is 285 Å². The van der Waals surface area contributed by atoms with Gasteiger partial charge in [-0.1, -0.05) is 0 Å². The fraction of sp³-hybridized carbons (Fsp3) is 0. The van der Waals surface area contributed by atoms with Crippen molar-refractivity contribution in [1.82, 2.24) is 18.5 Å². The van der Waals surface area contributed by atoms with E-state index in [1.54, 1.807) is 0 Å². The summed E-state index contributed by atoms with van der Waals surface area (Å²) in [7, 11) is 0. The molecule has 0 amide bonds. The van der Waals surface area contributed by atoms with Gasteiger partial charge in [-0.3, -0.25) is 0 Å². The van der Waals surface area contributed by atoms with Gasteiger partial charge >= 0.3 is 248 Å². The molecule has 0 aliphatic heterocycles. The van der Waals surface area contributed by atoms with Crippen LogP contribution in [0.3, 0.4) is 0 Å². The third-order valence-electron chi connectivity index (χ3n) is 0. The van der Waals surface area contributed by atoms with Crippen molar-refractivity contribution in [3.63, 3.8) is 0 Å². The summed E-state index contributed by atoms with van der Waals surface area (Å²) < 4.78 is 276. The average Bonchev–Trinajstić information content (AvgIpc) is 2.16. The number of rotatable bonds is 0. The Morgan fingerprint density at radius 1 is 0.170 bits per heavy atom. The second-order valence-corrected chi connectivity index (χ2v) is 19.3. The Hall–Kier alpha value is 1.39. The predicted molar refractivity (Wildman–Crippen MR) is 43.4 cm³/mol. The molecule has 0 aromatic heterocycles. The van der Waals surface area contributed by atoms with Gasteiger partial charge in [0.15, 0.2) is 0 Å². The summed E-state index contributed by atoms with van der Waals surface area (Å²) in [6.45, 7) is 0. The first-order chi connectivity index (χ1) is 16.0. The molecule has 0 radical (unpaired) electrons. The van der Waals surface area contributed by atoms with Crippen LogP contribution in [0.25, 0.3) is 0 Å². The van der Waals surface area contributed by atoms with E-state index in [9.17, 15) is 0 Å². The van der Waals surface area contributed by atoms with Crippen LogP contribution in [0.1, 0.15) is 0 Å². The van der Waals surface area contributed by atoms with Crippen LogP contribution in [0.15, 0.2) is 0 Å². The van der Waals surface area contributed by atoms with Gasteiger partial charge in [0.2, 0.25) is 0 Å². The number of quaternary nitrogens is 3. The van der Waals surface area contributed by atoms with E-state index in [2.05, 4.69) is 0 Å². The van der Waals surface area contributed by atoms with E-state index in [-0.39, 0.29) is 40.4 Å². The maximum absolute atomic E-state index is 8.63. The molecule has 0 bridgehead atoms. The van der Waals surface area contributed by atoms with E-state index >= 15 is 0 Å². The fourth-order valence-electron chi connectivity index (χ4n) is 0. The molecular formula is H20Mo8N3O36-13. The van der Waals surface area contributed by atoms with E-state index < -0.39 is 134 Å². The van der Waals surface area contributed by atoms with E-state index in [1.165, 1.54) is 0 Å². The Bertz CT molecular complexity index is 1070. The second-order valence-electron chi connectivity index (χ2n) is 3.27. The van der Waals surface area contributed by atoms with Crippen LogP contribution < -0.4 is 78.6 Å². The van der Waals surface area contributed by atoms with Gasteiger partial charge in [0.1, 0.15) is 0 Å². The molecular weight excluding hydrogens is 1390 g/mol. The topological polar surface area (TPSA) is 878 Å². The van der Waals surface area contributed by atoms with E-state index in [1.807, 2.05) is 0 Å². The molecule has 0 aliphatic rings. The molecule has 0 aromatic carbocycles. The van der Waals surface area contributed by atoms with Crippen molar-refractivity contribution in [2.45, 2.75) is 0 Å². The molecule has 20 N–H and O–H groups in total. The Kier molecular flexibility index (Phi) is 86.7. The van der Waals surface area contributed by atoms with Crippen molar-refractivity contribution >= 4 is 0 Å². The van der Waals surface area contributed by atoms with Crippen LogP contribution >= 0.6 is 0 Å². The quantitative estimate of drug-likeness (QED) is 0.190. The van der Waals surface area contributed by atoms with Crippen molar-refractivity contribution in [2.24, 2.45) is 0 Å². The first-order valence-corrected chi connectivity index (χ1v) is 31.6. The van der Waals surface area contributed by atoms with Crippen LogP contribution in [-0.4, -0.2) is 21.9 Å². The molecule has 0 saturated heterocycles. The molecule has 0 heterocycles. The van der Waals surface area contributed by atoms with Gasteiger partial charge in [-0.2, -0.15) is 0 Å². The summed E-state index contributed by atoms with van der Waals surface area (Å²) in [5.74, 6) is 0. The zero-order chi connectivity index (χ0) is 36.0.